The average molecular weight is 523 g/mol. The Bertz CT molecular complexity index is 1220. The van der Waals surface area contributed by atoms with E-state index in [0.717, 1.165) is 6.07 Å². The largest absolute Gasteiger partial charge is 0.465 e. The number of sulfonamides is 1. The molecule has 0 heterocycles. The second-order valence-corrected chi connectivity index (χ2v) is 11.0. The van der Waals surface area contributed by atoms with E-state index < -0.39 is 53.4 Å². The van der Waals surface area contributed by atoms with E-state index in [4.69, 9.17) is 4.74 Å². The van der Waals surface area contributed by atoms with Crippen molar-refractivity contribution in [3.05, 3.63) is 54.1 Å². The van der Waals surface area contributed by atoms with E-state index in [9.17, 15) is 34.8 Å². The van der Waals surface area contributed by atoms with Gasteiger partial charge in [-0.25, -0.2) is 21.6 Å². The zero-order valence-electron chi connectivity index (χ0n) is 18.7. The fourth-order valence-corrected chi connectivity index (χ4v) is 5.59. The molecule has 0 bridgehead atoms. The topological polar surface area (TPSA) is 110 Å². The van der Waals surface area contributed by atoms with Crippen molar-refractivity contribution >= 4 is 25.8 Å². The second-order valence-electron chi connectivity index (χ2n) is 7.28. The highest BCUT2D eigenvalue weighted by atomic mass is 32.2. The average Bonchev–Trinajstić information content (AvgIpc) is 2.78. The number of nitrogens with one attached hydrogen (secondary N) is 1. The minimum absolute atomic E-state index is 0.0252. The van der Waals surface area contributed by atoms with Crippen LogP contribution in [0.5, 0.6) is 0 Å². The lowest BCUT2D eigenvalue weighted by Crippen LogP contribution is -2.42. The summed E-state index contributed by atoms with van der Waals surface area (Å²) in [6, 6.07) is 7.87. The summed E-state index contributed by atoms with van der Waals surface area (Å²) in [6.45, 7) is 2.96. The van der Waals surface area contributed by atoms with Gasteiger partial charge in [-0.3, -0.25) is 9.69 Å². The third-order valence-electron chi connectivity index (χ3n) is 4.96. The fraction of sp³-hybridized carbons (Fsp3) is 0.381. The van der Waals surface area contributed by atoms with Crippen molar-refractivity contribution in [3.63, 3.8) is 0 Å². The first kappa shape index (κ1) is 27.8. The van der Waals surface area contributed by atoms with Crippen LogP contribution in [0.2, 0.25) is 0 Å². The van der Waals surface area contributed by atoms with E-state index in [2.05, 4.69) is 0 Å². The Balaban J connectivity index is 2.36. The molecule has 0 amide bonds. The van der Waals surface area contributed by atoms with Gasteiger partial charge in [-0.05, 0) is 51.2 Å². The van der Waals surface area contributed by atoms with E-state index in [1.165, 1.54) is 43.1 Å². The van der Waals surface area contributed by atoms with Gasteiger partial charge in [-0.1, -0.05) is 18.2 Å². The molecule has 0 aliphatic heterocycles. The molecule has 0 unspecified atom stereocenters. The van der Waals surface area contributed by atoms with Crippen molar-refractivity contribution in [1.29, 1.82) is 0 Å². The monoisotopic (exact) mass is 522 g/mol. The number of ether oxygens (including phenoxy) is 1. The summed E-state index contributed by atoms with van der Waals surface area (Å²) in [5.41, 5.74) is -1.50. The van der Waals surface area contributed by atoms with E-state index in [1.54, 1.807) is 13.0 Å². The summed E-state index contributed by atoms with van der Waals surface area (Å²) in [5, 5.41) is 0. The SMILES string of the molecule is CCOC(=O)[C@@H](C)N(C)CCNS(=O)(=O)c1cc(S(=O)(=O)c2ccccc2)ccc1C(F)(F)F. The number of rotatable bonds is 10. The lowest BCUT2D eigenvalue weighted by atomic mass is 10.2. The molecule has 0 fully saturated rings. The molecule has 1 N–H and O–H groups in total. The van der Waals surface area contributed by atoms with Crippen LogP contribution in [-0.2, 0) is 35.6 Å². The zero-order valence-corrected chi connectivity index (χ0v) is 20.3. The Kier molecular flexibility index (Phi) is 8.86. The van der Waals surface area contributed by atoms with Gasteiger partial charge in [-0.2, -0.15) is 13.2 Å². The smallest absolute Gasteiger partial charge is 0.417 e. The van der Waals surface area contributed by atoms with Crippen LogP contribution in [0.15, 0.2) is 63.2 Å². The maximum atomic E-state index is 13.5. The van der Waals surface area contributed by atoms with Crippen molar-refractivity contribution in [2.75, 3.05) is 26.7 Å². The molecule has 0 spiro atoms. The summed E-state index contributed by atoms with van der Waals surface area (Å²) in [6.07, 6.45) is -5.05. The Morgan fingerprint density at radius 2 is 1.68 bits per heavy atom. The molecular formula is C21H25F3N2O6S2. The van der Waals surface area contributed by atoms with Crippen LogP contribution in [0.25, 0.3) is 0 Å². The van der Waals surface area contributed by atoms with Crippen molar-refractivity contribution in [3.8, 4) is 0 Å². The predicted octanol–water partition coefficient (Wildman–Crippen LogP) is 2.70. The molecule has 0 saturated heterocycles. The van der Waals surface area contributed by atoms with Gasteiger partial charge in [0.2, 0.25) is 19.9 Å². The summed E-state index contributed by atoms with van der Waals surface area (Å²) in [7, 11) is -7.51. The number of halogens is 3. The first-order valence-corrected chi connectivity index (χ1v) is 13.1. The molecule has 2 rings (SSSR count). The van der Waals surface area contributed by atoms with Crippen molar-refractivity contribution in [2.24, 2.45) is 0 Å². The number of hydrogen-bond acceptors (Lipinski definition) is 7. The Hall–Kier alpha value is -2.48. The third kappa shape index (κ3) is 6.56. The van der Waals surface area contributed by atoms with Crippen LogP contribution in [0, 0.1) is 0 Å². The van der Waals surface area contributed by atoms with Gasteiger partial charge < -0.3 is 4.74 Å². The first-order chi connectivity index (χ1) is 15.7. The number of carbonyl (C=O) groups is 1. The van der Waals surface area contributed by atoms with Crippen LogP contribution in [0.4, 0.5) is 13.2 Å². The van der Waals surface area contributed by atoms with Gasteiger partial charge in [-0.15, -0.1) is 0 Å². The number of nitrogens with zero attached hydrogens (tertiary/aromatic N) is 1. The van der Waals surface area contributed by atoms with Crippen LogP contribution < -0.4 is 4.72 Å². The summed E-state index contributed by atoms with van der Waals surface area (Å²) in [5.74, 6) is -0.536. The van der Waals surface area contributed by atoms with Crippen LogP contribution in [0.3, 0.4) is 0 Å². The fourth-order valence-electron chi connectivity index (χ4n) is 2.93. The summed E-state index contributed by atoms with van der Waals surface area (Å²) < 4.78 is 98.8. The molecule has 2 aromatic rings. The quantitative estimate of drug-likeness (QED) is 0.478. The molecule has 0 aliphatic rings. The van der Waals surface area contributed by atoms with Gasteiger partial charge in [0.15, 0.2) is 0 Å². The number of likely N-dealkylation sites (N-methyl/N-ethyl adjacent to an activating group) is 1. The highest BCUT2D eigenvalue weighted by Gasteiger charge is 2.38. The number of hydrogen-bond donors (Lipinski definition) is 1. The van der Waals surface area contributed by atoms with E-state index in [0.29, 0.717) is 12.1 Å². The highest BCUT2D eigenvalue weighted by Crippen LogP contribution is 2.36. The molecule has 0 aromatic heterocycles. The van der Waals surface area contributed by atoms with Crippen LogP contribution >= 0.6 is 0 Å². The standard InChI is InChI=1S/C21H25F3N2O6S2/c1-4-32-20(27)15(2)26(3)13-12-25-34(30,31)19-14-17(10-11-18(19)21(22,23)24)33(28,29)16-8-6-5-7-9-16/h5-11,14-15,25H,4,12-13H2,1-3H3/t15-/m1/s1. The Labute approximate surface area is 196 Å². The minimum Gasteiger partial charge on any atom is -0.465 e. The molecule has 34 heavy (non-hydrogen) atoms. The number of alkyl halides is 3. The molecule has 0 saturated carbocycles. The Morgan fingerprint density at radius 1 is 1.06 bits per heavy atom. The highest BCUT2D eigenvalue weighted by molar-refractivity contribution is 7.91. The molecular weight excluding hydrogens is 497 g/mol. The number of sulfone groups is 1. The van der Waals surface area contributed by atoms with Gasteiger partial charge in [0, 0.05) is 13.1 Å². The van der Waals surface area contributed by atoms with Crippen molar-refractivity contribution in [1.82, 2.24) is 9.62 Å². The molecule has 188 valence electrons. The van der Waals surface area contributed by atoms with Crippen molar-refractivity contribution < 1.29 is 39.5 Å². The molecule has 8 nitrogen and oxygen atoms in total. The predicted molar refractivity (Wildman–Crippen MR) is 117 cm³/mol. The molecule has 2 aromatic carbocycles. The molecule has 0 radical (unpaired) electrons. The van der Waals surface area contributed by atoms with Gasteiger partial charge in [0.05, 0.1) is 26.9 Å². The van der Waals surface area contributed by atoms with Gasteiger partial charge >= 0.3 is 12.1 Å². The molecule has 1 atom stereocenters. The summed E-state index contributed by atoms with van der Waals surface area (Å²) >= 11 is 0. The normalized spacial score (nSPS) is 13.6. The lowest BCUT2D eigenvalue weighted by Gasteiger charge is -2.23. The maximum absolute atomic E-state index is 13.5. The van der Waals surface area contributed by atoms with Crippen LogP contribution in [0.1, 0.15) is 19.4 Å². The van der Waals surface area contributed by atoms with E-state index in [-0.39, 0.29) is 24.6 Å². The number of benzene rings is 2. The molecule has 13 heteroatoms. The number of esters is 1. The Morgan fingerprint density at radius 3 is 2.24 bits per heavy atom. The number of carbonyl (C=O) groups excluding carboxylic acids is 1. The summed E-state index contributed by atoms with van der Waals surface area (Å²) in [4.78, 5) is 11.2. The van der Waals surface area contributed by atoms with Gasteiger partial charge in [0.1, 0.15) is 6.04 Å². The minimum atomic E-state index is -5.05. The second kappa shape index (κ2) is 10.8. The zero-order chi connectivity index (χ0) is 25.7. The maximum Gasteiger partial charge on any atom is 0.417 e. The van der Waals surface area contributed by atoms with Crippen LogP contribution in [-0.4, -0.2) is 60.5 Å². The van der Waals surface area contributed by atoms with E-state index >= 15 is 0 Å². The third-order valence-corrected chi connectivity index (χ3v) is 8.23. The first-order valence-electron chi connectivity index (χ1n) is 10.1. The van der Waals surface area contributed by atoms with Gasteiger partial charge in [0.25, 0.3) is 0 Å². The van der Waals surface area contributed by atoms with E-state index in [1.807, 2.05) is 4.72 Å². The lowest BCUT2D eigenvalue weighted by molar-refractivity contribution is -0.148. The molecule has 0 aliphatic carbocycles. The van der Waals surface area contributed by atoms with Crippen molar-refractivity contribution in [2.45, 2.75) is 40.8 Å².